The lowest BCUT2D eigenvalue weighted by atomic mass is 9.82. The van der Waals surface area contributed by atoms with Crippen LogP contribution in [0, 0.1) is 0 Å². The lowest BCUT2D eigenvalue weighted by Gasteiger charge is -2.25. The standard InChI is InChI=1S/C24H26N2O5S/c1-24(2,3)20-14-16(18-10-7-11-25-23(18)28)13-19(22(20)31-4)21(27)15-8-6-9-17(12-15)26-32(5,29)30/h6-14,26H,1-5H3,(H,25,28). The van der Waals surface area contributed by atoms with Crippen LogP contribution in [-0.2, 0) is 15.4 Å². The molecule has 2 aromatic carbocycles. The third kappa shape index (κ3) is 5.08. The van der Waals surface area contributed by atoms with Crippen LogP contribution in [0.3, 0.4) is 0 Å². The number of sulfonamides is 1. The quantitative estimate of drug-likeness (QED) is 0.549. The molecular formula is C24H26N2O5S. The minimum Gasteiger partial charge on any atom is -0.496 e. The number of benzene rings is 2. The first-order chi connectivity index (χ1) is 14.9. The summed E-state index contributed by atoms with van der Waals surface area (Å²) in [4.78, 5) is 28.6. The van der Waals surface area contributed by atoms with Crippen molar-refractivity contribution in [3.63, 3.8) is 0 Å². The van der Waals surface area contributed by atoms with Gasteiger partial charge in [0.1, 0.15) is 5.75 Å². The van der Waals surface area contributed by atoms with E-state index in [1.807, 2.05) is 26.8 Å². The number of nitrogens with one attached hydrogen (secondary N) is 2. The molecule has 0 saturated carbocycles. The molecule has 0 aliphatic carbocycles. The van der Waals surface area contributed by atoms with Gasteiger partial charge in [0.15, 0.2) is 5.78 Å². The summed E-state index contributed by atoms with van der Waals surface area (Å²) < 4.78 is 31.2. The fourth-order valence-electron chi connectivity index (χ4n) is 3.47. The molecule has 0 radical (unpaired) electrons. The maximum atomic E-state index is 13.5. The summed E-state index contributed by atoms with van der Waals surface area (Å²) in [5.41, 5.74) is 2.01. The van der Waals surface area contributed by atoms with E-state index in [2.05, 4.69) is 9.71 Å². The Morgan fingerprint density at radius 3 is 2.38 bits per heavy atom. The summed E-state index contributed by atoms with van der Waals surface area (Å²) in [5, 5.41) is 0. The van der Waals surface area contributed by atoms with E-state index >= 15 is 0 Å². The van der Waals surface area contributed by atoms with Crippen LogP contribution in [-0.4, -0.2) is 32.6 Å². The number of H-pyrrole nitrogens is 1. The summed E-state index contributed by atoms with van der Waals surface area (Å²) in [6.45, 7) is 5.98. The second-order valence-electron chi connectivity index (χ2n) is 8.55. The average molecular weight is 455 g/mol. The zero-order valence-electron chi connectivity index (χ0n) is 18.6. The number of ether oxygens (including phenoxy) is 1. The van der Waals surface area contributed by atoms with Gasteiger partial charge in [-0.1, -0.05) is 32.9 Å². The normalized spacial score (nSPS) is 11.8. The number of carbonyl (C=O) groups is 1. The van der Waals surface area contributed by atoms with E-state index in [0.717, 1.165) is 11.8 Å². The Morgan fingerprint density at radius 1 is 1.06 bits per heavy atom. The Balaban J connectivity index is 2.24. The number of aromatic amines is 1. The molecule has 0 aliphatic heterocycles. The molecule has 1 aromatic heterocycles. The van der Waals surface area contributed by atoms with Crippen LogP contribution in [0.25, 0.3) is 11.1 Å². The smallest absolute Gasteiger partial charge is 0.255 e. The van der Waals surface area contributed by atoms with E-state index in [1.165, 1.54) is 13.2 Å². The summed E-state index contributed by atoms with van der Waals surface area (Å²) >= 11 is 0. The SMILES string of the molecule is COc1c(C(=O)c2cccc(NS(C)(=O)=O)c2)cc(-c2ccc[nH]c2=O)cc1C(C)(C)C. The van der Waals surface area contributed by atoms with E-state index < -0.39 is 10.0 Å². The first kappa shape index (κ1) is 23.3. The Hall–Kier alpha value is -3.39. The van der Waals surface area contributed by atoms with Crippen LogP contribution in [0.4, 0.5) is 5.69 Å². The lowest BCUT2D eigenvalue weighted by Crippen LogP contribution is -2.17. The summed E-state index contributed by atoms with van der Waals surface area (Å²) in [7, 11) is -2.00. The minimum absolute atomic E-state index is 0.268. The number of carbonyl (C=O) groups excluding carboxylic acids is 1. The van der Waals surface area contributed by atoms with Gasteiger partial charge in [0, 0.05) is 28.6 Å². The van der Waals surface area contributed by atoms with Gasteiger partial charge in [0.2, 0.25) is 10.0 Å². The number of aromatic nitrogens is 1. The number of rotatable bonds is 6. The highest BCUT2D eigenvalue weighted by atomic mass is 32.2. The largest absolute Gasteiger partial charge is 0.496 e. The van der Waals surface area contributed by atoms with Crippen molar-refractivity contribution in [2.75, 3.05) is 18.1 Å². The van der Waals surface area contributed by atoms with E-state index in [9.17, 15) is 18.0 Å². The minimum atomic E-state index is -3.49. The zero-order chi connectivity index (χ0) is 23.7. The number of hydrogen-bond acceptors (Lipinski definition) is 5. The van der Waals surface area contributed by atoms with Crippen molar-refractivity contribution < 1.29 is 17.9 Å². The molecule has 168 valence electrons. The summed E-state index contributed by atoms with van der Waals surface area (Å²) in [6, 6.07) is 13.2. The molecule has 0 atom stereocenters. The second-order valence-corrected chi connectivity index (χ2v) is 10.3. The first-order valence-electron chi connectivity index (χ1n) is 9.94. The molecule has 0 amide bonds. The van der Waals surface area contributed by atoms with Crippen LogP contribution >= 0.6 is 0 Å². The number of ketones is 1. The van der Waals surface area contributed by atoms with Crippen LogP contribution in [0.5, 0.6) is 5.75 Å². The number of pyridine rings is 1. The van der Waals surface area contributed by atoms with E-state index in [0.29, 0.717) is 16.9 Å². The third-order valence-electron chi connectivity index (χ3n) is 4.90. The van der Waals surface area contributed by atoms with Gasteiger partial charge in [0.25, 0.3) is 5.56 Å². The van der Waals surface area contributed by atoms with Crippen molar-refractivity contribution in [3.8, 4) is 16.9 Å². The van der Waals surface area contributed by atoms with Crippen molar-refractivity contribution in [1.82, 2.24) is 4.98 Å². The van der Waals surface area contributed by atoms with Gasteiger partial charge in [-0.05, 0) is 47.4 Å². The van der Waals surface area contributed by atoms with Crippen LogP contribution in [0.15, 0.2) is 59.5 Å². The molecular weight excluding hydrogens is 428 g/mol. The van der Waals surface area contributed by atoms with Gasteiger partial charge >= 0.3 is 0 Å². The van der Waals surface area contributed by atoms with Gasteiger partial charge < -0.3 is 9.72 Å². The highest BCUT2D eigenvalue weighted by molar-refractivity contribution is 7.92. The molecule has 0 bridgehead atoms. The highest BCUT2D eigenvalue weighted by Crippen LogP contribution is 2.38. The Morgan fingerprint density at radius 2 is 1.78 bits per heavy atom. The molecule has 32 heavy (non-hydrogen) atoms. The molecule has 1 heterocycles. The maximum absolute atomic E-state index is 13.5. The lowest BCUT2D eigenvalue weighted by molar-refractivity contribution is 0.103. The van der Waals surface area contributed by atoms with Gasteiger partial charge in [0.05, 0.1) is 18.9 Å². The molecule has 0 saturated heterocycles. The molecule has 0 unspecified atom stereocenters. The zero-order valence-corrected chi connectivity index (χ0v) is 19.5. The van der Waals surface area contributed by atoms with Gasteiger partial charge in [-0.25, -0.2) is 8.42 Å². The molecule has 2 N–H and O–H groups in total. The van der Waals surface area contributed by atoms with E-state index in [1.54, 1.807) is 42.6 Å². The van der Waals surface area contributed by atoms with Crippen LogP contribution < -0.4 is 15.0 Å². The fourth-order valence-corrected chi connectivity index (χ4v) is 4.03. The van der Waals surface area contributed by atoms with Crippen molar-refractivity contribution >= 4 is 21.5 Å². The Labute approximate surface area is 187 Å². The van der Waals surface area contributed by atoms with Crippen molar-refractivity contribution in [2.24, 2.45) is 0 Å². The number of methoxy groups -OCH3 is 1. The molecule has 7 nitrogen and oxygen atoms in total. The third-order valence-corrected chi connectivity index (χ3v) is 5.51. The van der Waals surface area contributed by atoms with E-state index in [4.69, 9.17) is 4.74 Å². The predicted octanol–water partition coefficient (Wildman–Crippen LogP) is 3.95. The molecule has 0 fully saturated rings. The molecule has 3 rings (SSSR count). The Kier molecular flexibility index (Phi) is 6.27. The van der Waals surface area contributed by atoms with Crippen LogP contribution in [0.1, 0.15) is 42.3 Å². The van der Waals surface area contributed by atoms with Gasteiger partial charge in [-0.15, -0.1) is 0 Å². The topological polar surface area (TPSA) is 105 Å². The average Bonchev–Trinajstić information content (AvgIpc) is 2.71. The van der Waals surface area contributed by atoms with Gasteiger partial charge in [-0.2, -0.15) is 0 Å². The van der Waals surface area contributed by atoms with Crippen molar-refractivity contribution in [2.45, 2.75) is 26.2 Å². The van der Waals surface area contributed by atoms with Crippen molar-refractivity contribution in [3.05, 3.63) is 81.8 Å². The molecule has 0 aliphatic rings. The molecule has 8 heteroatoms. The first-order valence-corrected chi connectivity index (χ1v) is 11.8. The number of anilines is 1. The van der Waals surface area contributed by atoms with E-state index in [-0.39, 0.29) is 33.6 Å². The van der Waals surface area contributed by atoms with Crippen molar-refractivity contribution in [1.29, 1.82) is 0 Å². The predicted molar refractivity (Wildman–Crippen MR) is 126 cm³/mol. The summed E-state index contributed by atoms with van der Waals surface area (Å²) in [5.74, 6) is 0.0683. The fraction of sp³-hybridized carbons (Fsp3) is 0.250. The molecule has 0 spiro atoms. The number of hydrogen-bond donors (Lipinski definition) is 2. The highest BCUT2D eigenvalue weighted by Gasteiger charge is 2.26. The summed E-state index contributed by atoms with van der Waals surface area (Å²) in [6.07, 6.45) is 2.59. The van der Waals surface area contributed by atoms with Gasteiger partial charge in [-0.3, -0.25) is 14.3 Å². The monoisotopic (exact) mass is 454 g/mol. The maximum Gasteiger partial charge on any atom is 0.255 e. The van der Waals surface area contributed by atoms with Crippen LogP contribution in [0.2, 0.25) is 0 Å². The molecule has 3 aromatic rings. The Bertz CT molecular complexity index is 1330. The second kappa shape index (κ2) is 8.63.